The van der Waals surface area contributed by atoms with E-state index in [1.165, 1.54) is 15.6 Å². The fourth-order valence-corrected chi connectivity index (χ4v) is 1.99. The molecule has 1 unspecified atom stereocenters. The van der Waals surface area contributed by atoms with Crippen LogP contribution < -0.4 is 5.69 Å². The van der Waals surface area contributed by atoms with Gasteiger partial charge in [-0.2, -0.15) is 5.10 Å². The topological polar surface area (TPSA) is 39.8 Å². The molecule has 1 aromatic heterocycles. The third-order valence-electron chi connectivity index (χ3n) is 2.82. The minimum absolute atomic E-state index is 0.0702. The lowest BCUT2D eigenvalue weighted by atomic mass is 10.1. The van der Waals surface area contributed by atoms with Crippen LogP contribution in [0.15, 0.2) is 11.1 Å². The van der Waals surface area contributed by atoms with Crippen LogP contribution in [-0.4, -0.2) is 20.3 Å². The summed E-state index contributed by atoms with van der Waals surface area (Å²) in [6.45, 7) is 0.301. The molecule has 0 spiro atoms. The molecule has 4 nitrogen and oxygen atoms in total. The van der Waals surface area contributed by atoms with E-state index in [0.717, 1.165) is 0 Å². The first-order valence-electron chi connectivity index (χ1n) is 4.94. The average molecular weight is 217 g/mol. The second-order valence-electron chi connectivity index (χ2n) is 4.17. The van der Waals surface area contributed by atoms with Gasteiger partial charge in [0.1, 0.15) is 6.33 Å². The summed E-state index contributed by atoms with van der Waals surface area (Å²) in [5, 5.41) is 3.85. The molecule has 0 amide bonds. The van der Waals surface area contributed by atoms with Crippen molar-refractivity contribution >= 4 is 0 Å². The predicted octanol–water partition coefficient (Wildman–Crippen LogP) is 1.02. The second-order valence-corrected chi connectivity index (χ2v) is 4.17. The summed E-state index contributed by atoms with van der Waals surface area (Å²) in [5.74, 6) is -2.68. The van der Waals surface area contributed by atoms with E-state index in [-0.39, 0.29) is 24.4 Å². The molecule has 1 heterocycles. The average Bonchev–Trinajstić information content (AvgIpc) is 2.63. The van der Waals surface area contributed by atoms with Crippen LogP contribution in [0, 0.1) is 5.92 Å². The molecule has 0 radical (unpaired) electrons. The Morgan fingerprint density at radius 2 is 2.40 bits per heavy atom. The third kappa shape index (κ3) is 2.08. The van der Waals surface area contributed by atoms with Gasteiger partial charge >= 0.3 is 5.69 Å². The standard InChI is InChI=1S/C9H13F2N3O/c1-13-6-12-14(8(13)15)5-7-2-3-9(10,11)4-7/h6-7H,2-5H2,1H3. The van der Waals surface area contributed by atoms with E-state index in [9.17, 15) is 13.6 Å². The number of rotatable bonds is 2. The van der Waals surface area contributed by atoms with Crippen molar-refractivity contribution in [3.05, 3.63) is 16.8 Å². The molecule has 1 aromatic rings. The Hall–Kier alpha value is -1.20. The van der Waals surface area contributed by atoms with Crippen LogP contribution in [0.25, 0.3) is 0 Å². The molecule has 0 saturated heterocycles. The molecule has 84 valence electrons. The zero-order valence-corrected chi connectivity index (χ0v) is 8.49. The van der Waals surface area contributed by atoms with Crippen molar-refractivity contribution < 1.29 is 8.78 Å². The van der Waals surface area contributed by atoms with E-state index in [2.05, 4.69) is 5.10 Å². The van der Waals surface area contributed by atoms with Gasteiger partial charge in [0.05, 0.1) is 0 Å². The Morgan fingerprint density at radius 1 is 1.67 bits per heavy atom. The van der Waals surface area contributed by atoms with Gasteiger partial charge in [-0.1, -0.05) is 0 Å². The van der Waals surface area contributed by atoms with Gasteiger partial charge in [-0.15, -0.1) is 0 Å². The predicted molar refractivity (Wildman–Crippen MR) is 49.8 cm³/mol. The molecule has 1 aliphatic rings. The smallest absolute Gasteiger partial charge is 0.285 e. The Balaban J connectivity index is 2.05. The lowest BCUT2D eigenvalue weighted by molar-refractivity contribution is 0.00417. The molecule has 0 aliphatic heterocycles. The highest BCUT2D eigenvalue weighted by Gasteiger charge is 2.39. The van der Waals surface area contributed by atoms with Crippen molar-refractivity contribution in [3.8, 4) is 0 Å². The summed E-state index contributed by atoms with van der Waals surface area (Å²) in [4.78, 5) is 11.4. The Labute approximate surface area is 85.5 Å². The minimum atomic E-state index is -2.55. The number of hydrogen-bond donors (Lipinski definition) is 0. The van der Waals surface area contributed by atoms with E-state index in [0.29, 0.717) is 13.0 Å². The number of aromatic nitrogens is 3. The Bertz CT molecular complexity index is 410. The molecule has 1 saturated carbocycles. The van der Waals surface area contributed by atoms with Crippen LogP contribution in [-0.2, 0) is 13.6 Å². The SMILES string of the molecule is Cn1cnn(CC2CCC(F)(F)C2)c1=O. The fraction of sp³-hybridized carbons (Fsp3) is 0.778. The van der Waals surface area contributed by atoms with Crippen LogP contribution in [0.4, 0.5) is 8.78 Å². The summed E-state index contributed by atoms with van der Waals surface area (Å²) in [6.07, 6.45) is 1.67. The molecular weight excluding hydrogens is 204 g/mol. The van der Waals surface area contributed by atoms with Gasteiger partial charge in [0.15, 0.2) is 0 Å². The molecule has 15 heavy (non-hydrogen) atoms. The second kappa shape index (κ2) is 3.43. The molecule has 0 N–H and O–H groups in total. The lowest BCUT2D eigenvalue weighted by Crippen LogP contribution is -2.26. The number of nitrogens with zero attached hydrogens (tertiary/aromatic N) is 3. The maximum atomic E-state index is 12.9. The van der Waals surface area contributed by atoms with E-state index < -0.39 is 5.92 Å². The summed E-state index contributed by atoms with van der Waals surface area (Å²) in [5.41, 5.74) is -0.245. The number of hydrogen-bond acceptors (Lipinski definition) is 2. The third-order valence-corrected chi connectivity index (χ3v) is 2.82. The van der Waals surface area contributed by atoms with Crippen molar-refractivity contribution in [2.45, 2.75) is 31.7 Å². The largest absolute Gasteiger partial charge is 0.345 e. The quantitative estimate of drug-likeness (QED) is 0.742. The zero-order chi connectivity index (χ0) is 11.1. The van der Waals surface area contributed by atoms with E-state index in [1.807, 2.05) is 0 Å². The monoisotopic (exact) mass is 217 g/mol. The number of alkyl halides is 2. The highest BCUT2D eigenvalue weighted by atomic mass is 19.3. The van der Waals surface area contributed by atoms with Crippen LogP contribution >= 0.6 is 0 Å². The van der Waals surface area contributed by atoms with Gasteiger partial charge in [0.2, 0.25) is 5.92 Å². The maximum Gasteiger partial charge on any atom is 0.345 e. The Kier molecular flexibility index (Phi) is 2.36. The van der Waals surface area contributed by atoms with Crippen LogP contribution in [0.3, 0.4) is 0 Å². The molecular formula is C9H13F2N3O. The summed E-state index contributed by atoms with van der Waals surface area (Å²) in [6, 6.07) is 0. The molecule has 0 aromatic carbocycles. The minimum Gasteiger partial charge on any atom is -0.285 e. The molecule has 1 aliphatic carbocycles. The Morgan fingerprint density at radius 3 is 2.87 bits per heavy atom. The van der Waals surface area contributed by atoms with Crippen LogP contribution in [0.2, 0.25) is 0 Å². The molecule has 6 heteroatoms. The van der Waals surface area contributed by atoms with Crippen molar-refractivity contribution in [1.29, 1.82) is 0 Å². The van der Waals surface area contributed by atoms with Gasteiger partial charge < -0.3 is 0 Å². The highest BCUT2D eigenvalue weighted by Crippen LogP contribution is 2.39. The van der Waals surface area contributed by atoms with Gasteiger partial charge in [-0.25, -0.2) is 18.3 Å². The fourth-order valence-electron chi connectivity index (χ4n) is 1.99. The van der Waals surface area contributed by atoms with Crippen LogP contribution in [0.1, 0.15) is 19.3 Å². The number of aryl methyl sites for hydroxylation is 1. The summed E-state index contributed by atoms with van der Waals surface area (Å²) >= 11 is 0. The molecule has 2 rings (SSSR count). The van der Waals surface area contributed by atoms with Crippen molar-refractivity contribution in [2.75, 3.05) is 0 Å². The molecule has 1 fully saturated rings. The zero-order valence-electron chi connectivity index (χ0n) is 8.49. The maximum absolute atomic E-state index is 12.9. The van der Waals surface area contributed by atoms with Gasteiger partial charge in [-0.3, -0.25) is 4.57 Å². The van der Waals surface area contributed by atoms with Gasteiger partial charge in [-0.05, 0) is 12.3 Å². The van der Waals surface area contributed by atoms with E-state index in [4.69, 9.17) is 0 Å². The highest BCUT2D eigenvalue weighted by molar-refractivity contribution is 4.81. The van der Waals surface area contributed by atoms with Crippen molar-refractivity contribution in [1.82, 2.24) is 14.3 Å². The van der Waals surface area contributed by atoms with Crippen molar-refractivity contribution in [2.24, 2.45) is 13.0 Å². The summed E-state index contributed by atoms with van der Waals surface area (Å²) in [7, 11) is 1.59. The normalized spacial score (nSPS) is 24.6. The first kappa shape index (κ1) is 10.3. The molecule has 1 atom stereocenters. The van der Waals surface area contributed by atoms with Crippen molar-refractivity contribution in [3.63, 3.8) is 0 Å². The van der Waals surface area contributed by atoms with E-state index >= 15 is 0 Å². The van der Waals surface area contributed by atoms with Crippen LogP contribution in [0.5, 0.6) is 0 Å². The lowest BCUT2D eigenvalue weighted by Gasteiger charge is -2.09. The number of halogens is 2. The summed E-state index contributed by atoms with van der Waals surface area (Å²) < 4.78 is 28.4. The molecule has 0 bridgehead atoms. The van der Waals surface area contributed by atoms with Gasteiger partial charge in [0, 0.05) is 26.4 Å². The van der Waals surface area contributed by atoms with E-state index in [1.54, 1.807) is 7.05 Å². The van der Waals surface area contributed by atoms with Gasteiger partial charge in [0.25, 0.3) is 0 Å². The first-order chi connectivity index (χ1) is 6.98. The first-order valence-corrected chi connectivity index (χ1v) is 4.94.